The number of methoxy groups -OCH3 is 2. The number of ether oxygens (including phenoxy) is 2. The molecule has 8 nitrogen and oxygen atoms in total. The summed E-state index contributed by atoms with van der Waals surface area (Å²) in [6, 6.07) is 37.4. The monoisotopic (exact) mass is 677 g/mol. The van der Waals surface area contributed by atoms with Crippen LogP contribution in [0.5, 0.6) is 11.5 Å². The molecule has 0 radical (unpaired) electrons. The largest absolute Gasteiger partial charge is 0.493 e. The number of hydrogen-bond donors (Lipinski definition) is 3. The van der Waals surface area contributed by atoms with Crippen LogP contribution in [0.3, 0.4) is 0 Å². The van der Waals surface area contributed by atoms with Crippen molar-refractivity contribution in [2.45, 2.75) is 10.1 Å². The number of halogens is 1. The summed E-state index contributed by atoms with van der Waals surface area (Å²) in [4.78, 5) is 41.0. The Morgan fingerprint density at radius 3 is 2.08 bits per heavy atom. The highest BCUT2D eigenvalue weighted by Gasteiger charge is 2.23. The van der Waals surface area contributed by atoms with Crippen LogP contribution in [0, 0.1) is 0 Å². The molecule has 0 bridgehead atoms. The molecule has 5 rings (SSSR count). The highest BCUT2D eigenvalue weighted by Crippen LogP contribution is 2.37. The van der Waals surface area contributed by atoms with Crippen LogP contribution in [-0.2, 0) is 9.59 Å². The van der Waals surface area contributed by atoms with Gasteiger partial charge in [-0.2, -0.15) is 0 Å². The molecule has 0 aliphatic rings. The van der Waals surface area contributed by atoms with Crippen LogP contribution < -0.4 is 25.4 Å². The van der Waals surface area contributed by atoms with Crippen LogP contribution in [0.1, 0.15) is 26.7 Å². The van der Waals surface area contributed by atoms with E-state index in [4.69, 9.17) is 21.1 Å². The van der Waals surface area contributed by atoms with Crippen molar-refractivity contribution in [2.24, 2.45) is 0 Å². The second-order valence-corrected chi connectivity index (χ2v) is 12.0. The van der Waals surface area contributed by atoms with E-state index >= 15 is 0 Å². The van der Waals surface area contributed by atoms with Crippen LogP contribution in [0.4, 0.5) is 11.4 Å². The summed E-state index contributed by atoms with van der Waals surface area (Å²) in [5, 5.41) is 8.52. The molecule has 1 atom stereocenters. The maximum Gasteiger partial charge on any atom is 0.272 e. The minimum Gasteiger partial charge on any atom is -0.493 e. The zero-order valence-electron chi connectivity index (χ0n) is 26.1. The van der Waals surface area contributed by atoms with Crippen molar-refractivity contribution in [1.29, 1.82) is 0 Å². The molecule has 242 valence electrons. The molecule has 5 aromatic rings. The first-order chi connectivity index (χ1) is 23.3. The molecule has 5 aromatic carbocycles. The number of carbonyl (C=O) groups is 3. The number of para-hydroxylation sites is 1. The predicted octanol–water partition coefficient (Wildman–Crippen LogP) is 8.24. The van der Waals surface area contributed by atoms with E-state index in [9.17, 15) is 14.4 Å². The van der Waals surface area contributed by atoms with Gasteiger partial charge in [-0.25, -0.2) is 0 Å². The first-order valence-electron chi connectivity index (χ1n) is 14.8. The summed E-state index contributed by atoms with van der Waals surface area (Å²) in [7, 11) is 3.02. The predicted molar refractivity (Wildman–Crippen MR) is 192 cm³/mol. The third-order valence-corrected chi connectivity index (χ3v) is 8.56. The van der Waals surface area contributed by atoms with Crippen molar-refractivity contribution in [3.8, 4) is 11.5 Å². The molecule has 0 saturated carbocycles. The number of hydrogen-bond acceptors (Lipinski definition) is 6. The molecule has 0 heterocycles. The molecule has 48 heavy (non-hydrogen) atoms. The van der Waals surface area contributed by atoms with E-state index in [0.717, 1.165) is 10.5 Å². The lowest BCUT2D eigenvalue weighted by molar-refractivity contribution is -0.116. The van der Waals surface area contributed by atoms with Crippen LogP contribution in [0.2, 0.25) is 5.02 Å². The summed E-state index contributed by atoms with van der Waals surface area (Å²) in [6.07, 6.45) is 1.53. The standard InChI is InChI=1S/C38H32ClN3O5S/c1-46-33-18-9-15-27(34(33)47-2)23-32(42-36(43)26-13-7-4-8-14-26)37(44)40-29-19-21-31(22-20-29)48-35(25-11-5-3-6-12-25)38(45)41-30-17-10-16-28(39)24-30/h3-24,35H,1-2H3,(H,40,44)(H,41,45)(H,42,43)/b32-23-. The fourth-order valence-corrected chi connectivity index (χ4v) is 5.96. The SMILES string of the molecule is COc1cccc(/C=C(\NC(=O)c2ccccc2)C(=O)Nc2ccc(SC(C(=O)Nc3cccc(Cl)c3)c3ccccc3)cc2)c1OC. The van der Waals surface area contributed by atoms with Crippen molar-refractivity contribution < 1.29 is 23.9 Å². The Hall–Kier alpha value is -5.51. The molecule has 3 N–H and O–H groups in total. The molecular formula is C38H32ClN3O5S. The van der Waals surface area contributed by atoms with E-state index in [1.807, 2.05) is 42.5 Å². The van der Waals surface area contributed by atoms with Gasteiger partial charge in [0.25, 0.3) is 11.8 Å². The minimum atomic E-state index is -0.564. The molecule has 3 amide bonds. The van der Waals surface area contributed by atoms with Crippen molar-refractivity contribution in [2.75, 3.05) is 24.9 Å². The highest BCUT2D eigenvalue weighted by molar-refractivity contribution is 8.00. The summed E-state index contributed by atoms with van der Waals surface area (Å²) in [5.74, 6) is -0.319. The highest BCUT2D eigenvalue weighted by atomic mass is 35.5. The Bertz CT molecular complexity index is 1920. The number of carbonyl (C=O) groups excluding carboxylic acids is 3. The van der Waals surface area contributed by atoms with Gasteiger partial charge in [-0.05, 0) is 72.3 Å². The Kier molecular flexibility index (Phi) is 11.5. The smallest absolute Gasteiger partial charge is 0.272 e. The van der Waals surface area contributed by atoms with Crippen LogP contribution in [-0.4, -0.2) is 31.9 Å². The van der Waals surface area contributed by atoms with Crippen molar-refractivity contribution >= 4 is 58.5 Å². The third kappa shape index (κ3) is 8.85. The lowest BCUT2D eigenvalue weighted by Crippen LogP contribution is -2.30. The van der Waals surface area contributed by atoms with Gasteiger partial charge in [-0.1, -0.05) is 78.3 Å². The molecule has 10 heteroatoms. The van der Waals surface area contributed by atoms with Gasteiger partial charge >= 0.3 is 0 Å². The Labute approximate surface area is 288 Å². The molecule has 0 spiro atoms. The van der Waals surface area contributed by atoms with Crippen molar-refractivity contribution in [1.82, 2.24) is 5.32 Å². The van der Waals surface area contributed by atoms with E-state index in [1.165, 1.54) is 32.1 Å². The Morgan fingerprint density at radius 1 is 0.729 bits per heavy atom. The maximum atomic E-state index is 13.6. The van der Waals surface area contributed by atoms with Gasteiger partial charge in [0, 0.05) is 32.4 Å². The average Bonchev–Trinajstić information content (AvgIpc) is 3.11. The molecule has 1 unspecified atom stereocenters. The fraction of sp³-hybridized carbons (Fsp3) is 0.0789. The molecule has 0 aromatic heterocycles. The number of thioether (sulfide) groups is 1. The summed E-state index contributed by atoms with van der Waals surface area (Å²) >= 11 is 7.49. The van der Waals surface area contributed by atoms with E-state index in [2.05, 4.69) is 16.0 Å². The Morgan fingerprint density at radius 2 is 1.42 bits per heavy atom. The van der Waals surface area contributed by atoms with Crippen LogP contribution in [0.25, 0.3) is 6.08 Å². The van der Waals surface area contributed by atoms with Gasteiger partial charge in [0.05, 0.1) is 14.2 Å². The van der Waals surface area contributed by atoms with Gasteiger partial charge in [-0.15, -0.1) is 11.8 Å². The first kappa shape index (κ1) is 33.8. The van der Waals surface area contributed by atoms with Gasteiger partial charge in [-0.3, -0.25) is 14.4 Å². The number of nitrogens with one attached hydrogen (secondary N) is 3. The lowest BCUT2D eigenvalue weighted by Gasteiger charge is -2.18. The third-order valence-electron chi connectivity index (χ3n) is 7.06. The van der Waals surface area contributed by atoms with Crippen LogP contribution in [0.15, 0.2) is 138 Å². The zero-order chi connectivity index (χ0) is 33.9. The summed E-state index contributed by atoms with van der Waals surface area (Å²) in [6.45, 7) is 0. The van der Waals surface area contributed by atoms with Crippen molar-refractivity contribution in [3.05, 3.63) is 155 Å². The summed E-state index contributed by atoms with van der Waals surface area (Å²) < 4.78 is 10.9. The van der Waals surface area contributed by atoms with E-state index in [1.54, 1.807) is 84.9 Å². The molecule has 0 fully saturated rings. The lowest BCUT2D eigenvalue weighted by atomic mass is 10.1. The van der Waals surface area contributed by atoms with E-state index < -0.39 is 17.1 Å². The number of rotatable bonds is 12. The van der Waals surface area contributed by atoms with Gasteiger partial charge in [0.15, 0.2) is 11.5 Å². The molecule has 0 saturated heterocycles. The Balaban J connectivity index is 1.36. The second kappa shape index (κ2) is 16.4. The summed E-state index contributed by atoms with van der Waals surface area (Å²) in [5.41, 5.74) is 2.84. The van der Waals surface area contributed by atoms with Gasteiger partial charge < -0.3 is 25.4 Å². The first-order valence-corrected chi connectivity index (χ1v) is 16.1. The second-order valence-electron chi connectivity index (χ2n) is 10.3. The molecule has 0 aliphatic heterocycles. The number of anilines is 2. The van der Waals surface area contributed by atoms with E-state index in [-0.39, 0.29) is 11.6 Å². The van der Waals surface area contributed by atoms with E-state index in [0.29, 0.717) is 39.0 Å². The average molecular weight is 678 g/mol. The minimum absolute atomic E-state index is 0.00399. The maximum absolute atomic E-state index is 13.6. The molecule has 0 aliphatic carbocycles. The normalized spacial score (nSPS) is 11.6. The van der Waals surface area contributed by atoms with Gasteiger partial charge in [0.2, 0.25) is 5.91 Å². The number of benzene rings is 5. The van der Waals surface area contributed by atoms with Gasteiger partial charge in [0.1, 0.15) is 10.9 Å². The quantitative estimate of drug-likeness (QED) is 0.0908. The zero-order valence-corrected chi connectivity index (χ0v) is 27.7. The molecular weight excluding hydrogens is 646 g/mol. The van der Waals surface area contributed by atoms with Crippen molar-refractivity contribution in [3.63, 3.8) is 0 Å². The number of amides is 3. The fourth-order valence-electron chi connectivity index (χ4n) is 4.75. The van der Waals surface area contributed by atoms with Crippen LogP contribution >= 0.6 is 23.4 Å². The topological polar surface area (TPSA) is 106 Å².